The molecule has 0 amide bonds. The molecular formula is C14H23N3O. The molecule has 0 aliphatic heterocycles. The molecule has 1 aliphatic carbocycles. The second-order valence-corrected chi connectivity index (χ2v) is 4.80. The van der Waals surface area contributed by atoms with Gasteiger partial charge in [-0.15, -0.1) is 0 Å². The van der Waals surface area contributed by atoms with Gasteiger partial charge in [0.15, 0.2) is 0 Å². The Morgan fingerprint density at radius 1 is 1.44 bits per heavy atom. The summed E-state index contributed by atoms with van der Waals surface area (Å²) < 4.78 is 5.19. The number of pyridine rings is 1. The highest BCUT2D eigenvalue weighted by Gasteiger charge is 2.29. The van der Waals surface area contributed by atoms with E-state index in [1.807, 2.05) is 0 Å². The second kappa shape index (κ2) is 6.16. The van der Waals surface area contributed by atoms with Crippen LogP contribution in [0.3, 0.4) is 0 Å². The summed E-state index contributed by atoms with van der Waals surface area (Å²) in [5.74, 6) is 1.06. The number of methoxy groups -OCH3 is 1. The van der Waals surface area contributed by atoms with Gasteiger partial charge in [-0.05, 0) is 37.0 Å². The van der Waals surface area contributed by atoms with Crippen LogP contribution >= 0.6 is 0 Å². The molecule has 0 unspecified atom stereocenters. The summed E-state index contributed by atoms with van der Waals surface area (Å²) in [5.41, 5.74) is 8.05. The SMILES string of the molecule is CCc1cc(CN)cc(N(CCOC)C2CC2)n1. The lowest BCUT2D eigenvalue weighted by molar-refractivity contribution is 0.204. The smallest absolute Gasteiger partial charge is 0.129 e. The maximum Gasteiger partial charge on any atom is 0.129 e. The predicted octanol–water partition coefficient (Wildman–Crippen LogP) is 1.72. The van der Waals surface area contributed by atoms with Gasteiger partial charge in [0.25, 0.3) is 0 Å². The van der Waals surface area contributed by atoms with Crippen LogP contribution in [0.1, 0.15) is 31.0 Å². The molecule has 0 atom stereocenters. The van der Waals surface area contributed by atoms with Gasteiger partial charge in [-0.25, -0.2) is 4.98 Å². The zero-order valence-corrected chi connectivity index (χ0v) is 11.4. The Balaban J connectivity index is 2.22. The monoisotopic (exact) mass is 249 g/mol. The van der Waals surface area contributed by atoms with Gasteiger partial charge in [-0.2, -0.15) is 0 Å². The first-order valence-electron chi connectivity index (χ1n) is 6.74. The minimum Gasteiger partial charge on any atom is -0.383 e. The molecule has 1 fully saturated rings. The van der Waals surface area contributed by atoms with Gasteiger partial charge in [-0.1, -0.05) is 6.92 Å². The Kier molecular flexibility index (Phi) is 4.55. The lowest BCUT2D eigenvalue weighted by Gasteiger charge is -2.24. The number of rotatable bonds is 7. The maximum atomic E-state index is 5.76. The summed E-state index contributed by atoms with van der Waals surface area (Å²) >= 11 is 0. The van der Waals surface area contributed by atoms with Crippen LogP contribution in [0.4, 0.5) is 5.82 Å². The Morgan fingerprint density at radius 3 is 2.78 bits per heavy atom. The van der Waals surface area contributed by atoms with Crippen LogP contribution in [0.2, 0.25) is 0 Å². The van der Waals surface area contributed by atoms with E-state index >= 15 is 0 Å². The summed E-state index contributed by atoms with van der Waals surface area (Å²) in [6.45, 7) is 4.35. The van der Waals surface area contributed by atoms with Crippen LogP contribution in [0.25, 0.3) is 0 Å². The van der Waals surface area contributed by atoms with E-state index in [-0.39, 0.29) is 0 Å². The predicted molar refractivity (Wildman–Crippen MR) is 73.8 cm³/mol. The first-order chi connectivity index (χ1) is 8.78. The fourth-order valence-electron chi connectivity index (χ4n) is 2.14. The van der Waals surface area contributed by atoms with Crippen molar-refractivity contribution < 1.29 is 4.74 Å². The molecule has 1 aromatic heterocycles. The Labute approximate surface area is 109 Å². The molecule has 1 aliphatic rings. The van der Waals surface area contributed by atoms with E-state index in [1.165, 1.54) is 18.4 Å². The highest BCUT2D eigenvalue weighted by Crippen LogP contribution is 2.31. The van der Waals surface area contributed by atoms with Gasteiger partial charge in [0, 0.05) is 31.9 Å². The summed E-state index contributed by atoms with van der Waals surface area (Å²) in [4.78, 5) is 7.09. The van der Waals surface area contributed by atoms with Crippen molar-refractivity contribution >= 4 is 5.82 Å². The third kappa shape index (κ3) is 3.21. The third-order valence-corrected chi connectivity index (χ3v) is 3.34. The lowest BCUT2D eigenvalue weighted by Crippen LogP contribution is -2.30. The minimum absolute atomic E-state index is 0.575. The average molecular weight is 249 g/mol. The fourth-order valence-corrected chi connectivity index (χ4v) is 2.14. The van der Waals surface area contributed by atoms with E-state index in [1.54, 1.807) is 7.11 Å². The van der Waals surface area contributed by atoms with Gasteiger partial charge in [-0.3, -0.25) is 0 Å². The highest BCUT2D eigenvalue weighted by molar-refractivity contribution is 5.45. The largest absolute Gasteiger partial charge is 0.383 e. The van der Waals surface area contributed by atoms with Gasteiger partial charge in [0.2, 0.25) is 0 Å². The highest BCUT2D eigenvalue weighted by atomic mass is 16.5. The summed E-state index contributed by atoms with van der Waals surface area (Å²) in [6, 6.07) is 4.86. The Bertz CT molecular complexity index is 368. The standard InChI is InChI=1S/C14H23N3O/c1-3-12-8-11(10-15)9-14(16-12)17(6-7-18-2)13-4-5-13/h8-9,13H,3-7,10,15H2,1-2H3. The van der Waals surface area contributed by atoms with Crippen LogP contribution in [-0.4, -0.2) is 31.3 Å². The molecule has 0 spiro atoms. The molecule has 0 bridgehead atoms. The average Bonchev–Trinajstić information content (AvgIpc) is 3.23. The van der Waals surface area contributed by atoms with Crippen molar-refractivity contribution in [2.24, 2.45) is 5.73 Å². The number of nitrogens with zero attached hydrogens (tertiary/aromatic N) is 2. The lowest BCUT2D eigenvalue weighted by atomic mass is 10.2. The minimum atomic E-state index is 0.575. The van der Waals surface area contributed by atoms with E-state index in [2.05, 4.69) is 24.0 Å². The van der Waals surface area contributed by atoms with E-state index in [4.69, 9.17) is 15.5 Å². The van der Waals surface area contributed by atoms with E-state index in [9.17, 15) is 0 Å². The number of aromatic nitrogens is 1. The van der Waals surface area contributed by atoms with Gasteiger partial charge < -0.3 is 15.4 Å². The van der Waals surface area contributed by atoms with E-state index in [0.29, 0.717) is 12.6 Å². The van der Waals surface area contributed by atoms with Crippen molar-refractivity contribution in [3.05, 3.63) is 23.4 Å². The number of anilines is 1. The normalized spacial score (nSPS) is 14.8. The fraction of sp³-hybridized carbons (Fsp3) is 0.643. The van der Waals surface area contributed by atoms with E-state index in [0.717, 1.165) is 31.1 Å². The van der Waals surface area contributed by atoms with Crippen LogP contribution in [-0.2, 0) is 17.7 Å². The first-order valence-corrected chi connectivity index (χ1v) is 6.74. The van der Waals surface area contributed by atoms with E-state index < -0.39 is 0 Å². The number of ether oxygens (including phenoxy) is 1. The van der Waals surface area contributed by atoms with Crippen molar-refractivity contribution in [3.63, 3.8) is 0 Å². The topological polar surface area (TPSA) is 51.4 Å². The molecule has 0 aromatic carbocycles. The molecule has 4 nitrogen and oxygen atoms in total. The van der Waals surface area contributed by atoms with Crippen LogP contribution in [0, 0.1) is 0 Å². The molecule has 2 rings (SSSR count). The molecular weight excluding hydrogens is 226 g/mol. The summed E-state index contributed by atoms with van der Waals surface area (Å²) in [7, 11) is 1.74. The molecule has 0 saturated heterocycles. The number of nitrogens with two attached hydrogens (primary N) is 1. The molecule has 4 heteroatoms. The molecule has 18 heavy (non-hydrogen) atoms. The zero-order valence-electron chi connectivity index (χ0n) is 11.4. The molecule has 2 N–H and O–H groups in total. The van der Waals surface area contributed by atoms with Crippen molar-refractivity contribution in [3.8, 4) is 0 Å². The number of hydrogen-bond donors (Lipinski definition) is 1. The van der Waals surface area contributed by atoms with Gasteiger partial charge in [0.05, 0.1) is 6.61 Å². The first kappa shape index (κ1) is 13.3. The number of hydrogen-bond acceptors (Lipinski definition) is 4. The quantitative estimate of drug-likeness (QED) is 0.799. The zero-order chi connectivity index (χ0) is 13.0. The van der Waals surface area contributed by atoms with Crippen molar-refractivity contribution in [2.45, 2.75) is 38.8 Å². The van der Waals surface area contributed by atoms with Gasteiger partial charge >= 0.3 is 0 Å². The molecule has 1 heterocycles. The van der Waals surface area contributed by atoms with Crippen LogP contribution < -0.4 is 10.6 Å². The Morgan fingerprint density at radius 2 is 2.22 bits per heavy atom. The molecule has 0 radical (unpaired) electrons. The summed E-state index contributed by atoms with van der Waals surface area (Å²) in [6.07, 6.45) is 3.48. The van der Waals surface area contributed by atoms with Crippen molar-refractivity contribution in [1.29, 1.82) is 0 Å². The third-order valence-electron chi connectivity index (χ3n) is 3.34. The number of aryl methyl sites for hydroxylation is 1. The van der Waals surface area contributed by atoms with Crippen LogP contribution in [0.15, 0.2) is 12.1 Å². The maximum absolute atomic E-state index is 5.76. The Hall–Kier alpha value is -1.13. The molecule has 100 valence electrons. The second-order valence-electron chi connectivity index (χ2n) is 4.80. The van der Waals surface area contributed by atoms with Crippen LogP contribution in [0.5, 0.6) is 0 Å². The van der Waals surface area contributed by atoms with Crippen molar-refractivity contribution in [2.75, 3.05) is 25.2 Å². The van der Waals surface area contributed by atoms with Crippen molar-refractivity contribution in [1.82, 2.24) is 4.98 Å². The molecule has 1 aromatic rings. The van der Waals surface area contributed by atoms with Gasteiger partial charge in [0.1, 0.15) is 5.82 Å². The molecule has 1 saturated carbocycles. The summed E-state index contributed by atoms with van der Waals surface area (Å²) in [5, 5.41) is 0.